The topological polar surface area (TPSA) is 113 Å². The van der Waals surface area contributed by atoms with Crippen molar-refractivity contribution in [2.45, 2.75) is 0 Å². The summed E-state index contributed by atoms with van der Waals surface area (Å²) in [6.07, 6.45) is 0. The molecule has 0 aliphatic carbocycles. The summed E-state index contributed by atoms with van der Waals surface area (Å²) in [6.45, 7) is 0. The van der Waals surface area contributed by atoms with Crippen molar-refractivity contribution in [3.63, 3.8) is 0 Å². The molecule has 0 aliphatic rings. The van der Waals surface area contributed by atoms with Crippen LogP contribution in [0.25, 0.3) is 0 Å². The van der Waals surface area contributed by atoms with Gasteiger partial charge in [0.25, 0.3) is 11.9 Å². The van der Waals surface area contributed by atoms with Gasteiger partial charge in [0.1, 0.15) is 11.5 Å². The van der Waals surface area contributed by atoms with Gasteiger partial charge in [-0.2, -0.15) is 4.80 Å². The molecule has 0 bridgehead atoms. The number of aryl methyl sites for hydroxylation is 1. The second-order valence-corrected chi connectivity index (χ2v) is 3.29. The predicted octanol–water partition coefficient (Wildman–Crippen LogP) is -0.126. The summed E-state index contributed by atoms with van der Waals surface area (Å²) in [6, 6.07) is 3.55. The van der Waals surface area contributed by atoms with Gasteiger partial charge in [-0.05, 0) is 17.3 Å². The Morgan fingerprint density at radius 2 is 1.94 bits per heavy atom. The van der Waals surface area contributed by atoms with Gasteiger partial charge in [-0.3, -0.25) is 10.1 Å². The molecule has 88 valence electrons. The van der Waals surface area contributed by atoms with Crippen LogP contribution in [0.5, 0.6) is 11.5 Å². The van der Waals surface area contributed by atoms with Crippen LogP contribution in [0.3, 0.4) is 0 Å². The third-order valence-electron chi connectivity index (χ3n) is 1.90. The molecule has 8 heteroatoms. The summed E-state index contributed by atoms with van der Waals surface area (Å²) in [5.41, 5.74) is 0.0925. The van der Waals surface area contributed by atoms with Gasteiger partial charge in [0.05, 0.1) is 7.05 Å². The van der Waals surface area contributed by atoms with Crippen molar-refractivity contribution in [1.29, 1.82) is 0 Å². The van der Waals surface area contributed by atoms with Gasteiger partial charge in [-0.25, -0.2) is 0 Å². The van der Waals surface area contributed by atoms with Gasteiger partial charge in [0, 0.05) is 11.6 Å². The number of benzene rings is 1. The van der Waals surface area contributed by atoms with Crippen LogP contribution in [-0.4, -0.2) is 36.3 Å². The van der Waals surface area contributed by atoms with Gasteiger partial charge < -0.3 is 10.2 Å². The van der Waals surface area contributed by atoms with E-state index in [1.807, 2.05) is 0 Å². The number of carbonyl (C=O) groups is 1. The van der Waals surface area contributed by atoms with Crippen molar-refractivity contribution in [2.24, 2.45) is 7.05 Å². The molecular formula is C9H9N5O3. The minimum Gasteiger partial charge on any atom is -0.508 e. The van der Waals surface area contributed by atoms with E-state index in [2.05, 4.69) is 20.7 Å². The highest BCUT2D eigenvalue weighted by molar-refractivity contribution is 6.03. The standard InChI is InChI=1S/C9H9N5O3/c1-14-12-9(11-13-14)10-8(17)5-2-6(15)4-7(16)3-5/h2-4,15-16H,1H3,(H,10,12,17). The third-order valence-corrected chi connectivity index (χ3v) is 1.90. The summed E-state index contributed by atoms with van der Waals surface area (Å²) >= 11 is 0. The van der Waals surface area contributed by atoms with Crippen LogP contribution >= 0.6 is 0 Å². The number of hydrogen-bond donors (Lipinski definition) is 3. The van der Waals surface area contributed by atoms with Crippen LogP contribution in [0.2, 0.25) is 0 Å². The van der Waals surface area contributed by atoms with E-state index < -0.39 is 5.91 Å². The van der Waals surface area contributed by atoms with E-state index >= 15 is 0 Å². The Hall–Kier alpha value is -2.64. The van der Waals surface area contributed by atoms with E-state index in [-0.39, 0.29) is 23.0 Å². The zero-order chi connectivity index (χ0) is 12.4. The second-order valence-electron chi connectivity index (χ2n) is 3.29. The highest BCUT2D eigenvalue weighted by atomic mass is 16.3. The number of phenolic OH excluding ortho intramolecular Hbond substituents is 2. The summed E-state index contributed by atoms with van der Waals surface area (Å²) < 4.78 is 0. The molecule has 0 fully saturated rings. The quantitative estimate of drug-likeness (QED) is 0.668. The lowest BCUT2D eigenvalue weighted by Crippen LogP contribution is -2.13. The normalized spacial score (nSPS) is 10.2. The number of nitrogens with one attached hydrogen (secondary N) is 1. The van der Waals surface area contributed by atoms with Crippen LogP contribution in [0.15, 0.2) is 18.2 Å². The molecule has 0 unspecified atom stereocenters. The lowest BCUT2D eigenvalue weighted by Gasteiger charge is -2.02. The zero-order valence-corrected chi connectivity index (χ0v) is 8.82. The fourth-order valence-electron chi connectivity index (χ4n) is 1.23. The van der Waals surface area contributed by atoms with Crippen molar-refractivity contribution in [3.8, 4) is 11.5 Å². The molecule has 0 saturated heterocycles. The number of amides is 1. The summed E-state index contributed by atoms with van der Waals surface area (Å²) in [5.74, 6) is -0.922. The number of anilines is 1. The third kappa shape index (κ3) is 2.48. The average Bonchev–Trinajstić information content (AvgIpc) is 2.62. The summed E-state index contributed by atoms with van der Waals surface area (Å²) in [5, 5.41) is 31.7. The molecule has 17 heavy (non-hydrogen) atoms. The van der Waals surface area contributed by atoms with Crippen molar-refractivity contribution in [1.82, 2.24) is 20.2 Å². The minimum atomic E-state index is -0.552. The molecule has 2 rings (SSSR count). The van der Waals surface area contributed by atoms with E-state index in [0.717, 1.165) is 6.07 Å². The lowest BCUT2D eigenvalue weighted by molar-refractivity contribution is 0.102. The maximum Gasteiger partial charge on any atom is 0.270 e. The SMILES string of the molecule is Cn1nnc(NC(=O)c2cc(O)cc(O)c2)n1. The molecule has 1 heterocycles. The van der Waals surface area contributed by atoms with Gasteiger partial charge in [-0.1, -0.05) is 5.10 Å². The highest BCUT2D eigenvalue weighted by Gasteiger charge is 2.11. The maximum atomic E-state index is 11.7. The van der Waals surface area contributed by atoms with Crippen LogP contribution in [-0.2, 0) is 7.05 Å². The number of nitrogens with zero attached hydrogens (tertiary/aromatic N) is 4. The number of rotatable bonds is 2. The smallest absolute Gasteiger partial charge is 0.270 e. The van der Waals surface area contributed by atoms with Crippen molar-refractivity contribution < 1.29 is 15.0 Å². The Kier molecular flexibility index (Phi) is 2.61. The fourth-order valence-corrected chi connectivity index (χ4v) is 1.23. The van der Waals surface area contributed by atoms with Crippen LogP contribution in [0, 0.1) is 0 Å². The molecule has 1 aromatic carbocycles. The number of hydrogen-bond acceptors (Lipinski definition) is 6. The molecule has 0 radical (unpaired) electrons. The first-order valence-electron chi connectivity index (χ1n) is 4.63. The first-order valence-corrected chi connectivity index (χ1v) is 4.63. The van der Waals surface area contributed by atoms with Crippen molar-refractivity contribution in [3.05, 3.63) is 23.8 Å². The molecule has 1 amide bonds. The molecule has 0 spiro atoms. The first kappa shape index (κ1) is 10.9. The molecule has 0 saturated carbocycles. The van der Waals surface area contributed by atoms with Crippen molar-refractivity contribution in [2.75, 3.05) is 5.32 Å². The summed E-state index contributed by atoms with van der Waals surface area (Å²) in [4.78, 5) is 12.9. The fraction of sp³-hybridized carbons (Fsp3) is 0.111. The van der Waals surface area contributed by atoms with Gasteiger partial charge in [0.15, 0.2) is 0 Å². The molecule has 2 aromatic rings. The highest BCUT2D eigenvalue weighted by Crippen LogP contribution is 2.20. The van der Waals surface area contributed by atoms with Crippen LogP contribution < -0.4 is 5.32 Å². The number of aromatic nitrogens is 4. The number of carbonyl (C=O) groups excluding carboxylic acids is 1. The minimum absolute atomic E-state index is 0.0420. The van der Waals surface area contributed by atoms with Crippen LogP contribution in [0.4, 0.5) is 5.95 Å². The first-order chi connectivity index (χ1) is 8.04. The second kappa shape index (κ2) is 4.08. The molecule has 1 aromatic heterocycles. The van der Waals surface area contributed by atoms with E-state index in [1.165, 1.54) is 16.9 Å². The monoisotopic (exact) mass is 235 g/mol. The number of aromatic hydroxyl groups is 2. The van der Waals surface area contributed by atoms with E-state index in [1.54, 1.807) is 7.05 Å². The van der Waals surface area contributed by atoms with Gasteiger partial charge in [0.2, 0.25) is 0 Å². The molecule has 8 nitrogen and oxygen atoms in total. The Morgan fingerprint density at radius 3 is 2.47 bits per heavy atom. The van der Waals surface area contributed by atoms with Crippen molar-refractivity contribution >= 4 is 11.9 Å². The predicted molar refractivity (Wildman–Crippen MR) is 56.5 cm³/mol. The van der Waals surface area contributed by atoms with E-state index in [0.29, 0.717) is 0 Å². The van der Waals surface area contributed by atoms with Gasteiger partial charge in [-0.15, -0.1) is 5.10 Å². The number of tetrazole rings is 1. The molecule has 0 atom stereocenters. The van der Waals surface area contributed by atoms with E-state index in [4.69, 9.17) is 0 Å². The van der Waals surface area contributed by atoms with E-state index in [9.17, 15) is 15.0 Å². The Labute approximate surface area is 95.5 Å². The Bertz CT molecular complexity index is 545. The van der Waals surface area contributed by atoms with Gasteiger partial charge >= 0.3 is 0 Å². The van der Waals surface area contributed by atoms with Crippen LogP contribution in [0.1, 0.15) is 10.4 Å². The Morgan fingerprint density at radius 1 is 1.29 bits per heavy atom. The molecule has 0 aliphatic heterocycles. The largest absolute Gasteiger partial charge is 0.508 e. The maximum absolute atomic E-state index is 11.7. The molecule has 3 N–H and O–H groups in total. The lowest BCUT2D eigenvalue weighted by atomic mass is 10.2. The molecular weight excluding hydrogens is 226 g/mol. The Balaban J connectivity index is 2.19. The zero-order valence-electron chi connectivity index (χ0n) is 8.82. The average molecular weight is 235 g/mol. The summed E-state index contributed by atoms with van der Waals surface area (Å²) in [7, 11) is 1.56. The number of phenols is 2.